The lowest BCUT2D eigenvalue weighted by Crippen LogP contribution is -2.42. The largest absolute Gasteiger partial charge is 0.492 e. The van der Waals surface area contributed by atoms with E-state index in [2.05, 4.69) is 15.6 Å². The fraction of sp³-hybridized carbons (Fsp3) is 0.160. The molecule has 0 aliphatic heterocycles. The molecule has 0 aliphatic carbocycles. The first kappa shape index (κ1) is 24.8. The quantitative estimate of drug-likeness (QED) is 0.234. The Morgan fingerprint density at radius 3 is 2.40 bits per heavy atom. The van der Waals surface area contributed by atoms with Crippen molar-refractivity contribution >= 4 is 61.8 Å². The van der Waals surface area contributed by atoms with Gasteiger partial charge in [0.25, 0.3) is 5.91 Å². The average Bonchev–Trinajstić information content (AvgIpc) is 3.25. The zero-order valence-corrected chi connectivity index (χ0v) is 20.7. The van der Waals surface area contributed by atoms with Crippen LogP contribution in [-0.2, 0) is 11.2 Å². The van der Waals surface area contributed by atoms with Gasteiger partial charge >= 0.3 is 5.97 Å². The number of aliphatic carboxylic acids is 1. The molecule has 0 saturated heterocycles. The molecular formula is C25H21Cl2N3O4S. The van der Waals surface area contributed by atoms with Gasteiger partial charge in [-0.1, -0.05) is 64.9 Å². The number of carboxylic acids is 1. The molecule has 180 valence electrons. The minimum absolute atomic E-state index is 0.0466. The number of thiazole rings is 1. The standard InChI is InChI=1S/C25H21Cl2N3O4S/c26-17-4-3-5-18(27)22(17)23(31)29-20(24(32)33)14-15-8-10-16(11-9-15)34-13-12-28-25-30-19-6-1-2-7-21(19)35-25/h1-11,20H,12-14H2,(H,28,30)(H,29,31)(H,32,33)/t20-/m0/s1. The van der Waals surface area contributed by atoms with E-state index < -0.39 is 17.9 Å². The summed E-state index contributed by atoms with van der Waals surface area (Å²) in [7, 11) is 0. The molecule has 1 amide bonds. The molecule has 7 nitrogen and oxygen atoms in total. The lowest BCUT2D eigenvalue weighted by molar-refractivity contribution is -0.139. The number of ether oxygens (including phenoxy) is 1. The maximum atomic E-state index is 12.6. The molecule has 4 aromatic rings. The van der Waals surface area contributed by atoms with Gasteiger partial charge in [0.2, 0.25) is 0 Å². The van der Waals surface area contributed by atoms with Crippen molar-refractivity contribution in [1.29, 1.82) is 0 Å². The molecule has 0 spiro atoms. The van der Waals surface area contributed by atoms with Crippen molar-refractivity contribution in [2.45, 2.75) is 12.5 Å². The van der Waals surface area contributed by atoms with Crippen LogP contribution in [0.1, 0.15) is 15.9 Å². The number of rotatable bonds is 10. The molecule has 0 saturated carbocycles. The fourth-order valence-electron chi connectivity index (χ4n) is 3.38. The van der Waals surface area contributed by atoms with Crippen LogP contribution in [0.15, 0.2) is 66.7 Å². The van der Waals surface area contributed by atoms with Gasteiger partial charge < -0.3 is 20.5 Å². The molecule has 4 rings (SSSR count). The molecule has 0 unspecified atom stereocenters. The lowest BCUT2D eigenvalue weighted by atomic mass is 10.1. The number of benzene rings is 3. The summed E-state index contributed by atoms with van der Waals surface area (Å²) in [5, 5.41) is 16.5. The highest BCUT2D eigenvalue weighted by Crippen LogP contribution is 2.26. The highest BCUT2D eigenvalue weighted by Gasteiger charge is 2.23. The van der Waals surface area contributed by atoms with Crippen LogP contribution >= 0.6 is 34.5 Å². The van der Waals surface area contributed by atoms with E-state index in [1.165, 1.54) is 12.1 Å². The molecule has 10 heteroatoms. The third-order valence-corrected chi connectivity index (χ3v) is 6.72. The van der Waals surface area contributed by atoms with Crippen LogP contribution in [-0.4, -0.2) is 41.2 Å². The molecule has 0 fully saturated rings. The molecule has 0 aliphatic rings. The molecule has 1 atom stereocenters. The van der Waals surface area contributed by atoms with E-state index in [4.69, 9.17) is 27.9 Å². The topological polar surface area (TPSA) is 101 Å². The van der Waals surface area contributed by atoms with Crippen LogP contribution in [0.4, 0.5) is 5.13 Å². The van der Waals surface area contributed by atoms with Crippen LogP contribution in [0, 0.1) is 0 Å². The number of aromatic nitrogens is 1. The van der Waals surface area contributed by atoms with E-state index in [1.807, 2.05) is 24.3 Å². The van der Waals surface area contributed by atoms with E-state index >= 15 is 0 Å². The molecule has 1 aromatic heterocycles. The molecule has 3 N–H and O–H groups in total. The summed E-state index contributed by atoms with van der Waals surface area (Å²) in [6.45, 7) is 1.01. The van der Waals surface area contributed by atoms with Crippen molar-refractivity contribution in [1.82, 2.24) is 10.3 Å². The number of nitrogens with zero attached hydrogens (tertiary/aromatic N) is 1. The van der Waals surface area contributed by atoms with Gasteiger partial charge in [-0.3, -0.25) is 4.79 Å². The molecule has 1 heterocycles. The Morgan fingerprint density at radius 1 is 1.00 bits per heavy atom. The average molecular weight is 530 g/mol. The van der Waals surface area contributed by atoms with Crippen molar-refractivity contribution in [3.8, 4) is 5.75 Å². The first-order valence-corrected chi connectivity index (χ1v) is 12.3. The summed E-state index contributed by atoms with van der Waals surface area (Å²) in [5.41, 5.74) is 1.73. The molecular weight excluding hydrogens is 509 g/mol. The van der Waals surface area contributed by atoms with Gasteiger partial charge in [0.15, 0.2) is 5.13 Å². The van der Waals surface area contributed by atoms with Crippen molar-refractivity contribution in [3.05, 3.63) is 87.9 Å². The monoisotopic (exact) mass is 529 g/mol. The Labute approximate surface area is 215 Å². The SMILES string of the molecule is O=C(N[C@@H](Cc1ccc(OCCNc2nc3ccccc3s2)cc1)C(=O)O)c1c(Cl)cccc1Cl. The van der Waals surface area contributed by atoms with Crippen LogP contribution < -0.4 is 15.4 Å². The van der Waals surface area contributed by atoms with E-state index in [1.54, 1.807) is 41.7 Å². The van der Waals surface area contributed by atoms with Crippen LogP contribution in [0.5, 0.6) is 5.75 Å². The fourth-order valence-corrected chi connectivity index (χ4v) is 4.84. The second-order valence-corrected chi connectivity index (χ2v) is 9.42. The van der Waals surface area contributed by atoms with Crippen molar-refractivity contribution < 1.29 is 19.4 Å². The van der Waals surface area contributed by atoms with Gasteiger partial charge in [0.05, 0.1) is 32.4 Å². The van der Waals surface area contributed by atoms with Crippen molar-refractivity contribution in [2.24, 2.45) is 0 Å². The van der Waals surface area contributed by atoms with E-state index in [9.17, 15) is 14.7 Å². The number of carbonyl (C=O) groups is 2. The number of carbonyl (C=O) groups excluding carboxylic acids is 1. The van der Waals surface area contributed by atoms with Crippen LogP contribution in [0.2, 0.25) is 10.0 Å². The highest BCUT2D eigenvalue weighted by molar-refractivity contribution is 7.22. The van der Waals surface area contributed by atoms with Crippen molar-refractivity contribution in [3.63, 3.8) is 0 Å². The summed E-state index contributed by atoms with van der Waals surface area (Å²) < 4.78 is 6.88. The van der Waals surface area contributed by atoms with Crippen molar-refractivity contribution in [2.75, 3.05) is 18.5 Å². The Kier molecular flexibility index (Phi) is 8.07. The number of hydrogen-bond donors (Lipinski definition) is 3. The zero-order valence-electron chi connectivity index (χ0n) is 18.3. The van der Waals surface area contributed by atoms with Gasteiger partial charge in [0, 0.05) is 6.42 Å². The summed E-state index contributed by atoms with van der Waals surface area (Å²) in [6.07, 6.45) is 0.0859. The maximum absolute atomic E-state index is 12.6. The van der Waals surface area contributed by atoms with E-state index in [0.29, 0.717) is 18.9 Å². The number of halogens is 2. The van der Waals surface area contributed by atoms with Crippen LogP contribution in [0.3, 0.4) is 0 Å². The maximum Gasteiger partial charge on any atom is 0.326 e. The Bertz CT molecular complexity index is 1290. The molecule has 0 radical (unpaired) electrons. The zero-order chi connectivity index (χ0) is 24.8. The first-order chi connectivity index (χ1) is 16.9. The molecule has 35 heavy (non-hydrogen) atoms. The number of carboxylic acid groups (broad SMARTS) is 1. The van der Waals surface area contributed by atoms with Gasteiger partial charge in [0.1, 0.15) is 18.4 Å². The summed E-state index contributed by atoms with van der Waals surface area (Å²) in [6, 6.07) is 18.5. The normalized spacial score (nSPS) is 11.7. The van der Waals surface area contributed by atoms with Gasteiger partial charge in [-0.2, -0.15) is 0 Å². The minimum Gasteiger partial charge on any atom is -0.492 e. The molecule has 0 bridgehead atoms. The highest BCUT2D eigenvalue weighted by atomic mass is 35.5. The van der Waals surface area contributed by atoms with Gasteiger partial charge in [-0.05, 0) is 42.0 Å². The number of nitrogens with one attached hydrogen (secondary N) is 2. The summed E-state index contributed by atoms with van der Waals surface area (Å²) in [4.78, 5) is 28.8. The van der Waals surface area contributed by atoms with Gasteiger partial charge in [-0.15, -0.1) is 0 Å². The summed E-state index contributed by atoms with van der Waals surface area (Å²) >= 11 is 13.7. The van der Waals surface area contributed by atoms with E-state index in [0.717, 1.165) is 20.9 Å². The Balaban J connectivity index is 1.29. The number of amides is 1. The third kappa shape index (κ3) is 6.42. The number of hydrogen-bond acceptors (Lipinski definition) is 6. The number of fused-ring (bicyclic) bond motifs is 1. The van der Waals surface area contributed by atoms with E-state index in [-0.39, 0.29) is 22.0 Å². The lowest BCUT2D eigenvalue weighted by Gasteiger charge is -2.16. The Morgan fingerprint density at radius 2 is 1.71 bits per heavy atom. The molecule has 3 aromatic carbocycles. The number of anilines is 1. The Hall–Kier alpha value is -3.33. The second-order valence-electron chi connectivity index (χ2n) is 7.57. The predicted octanol–water partition coefficient (Wildman–Crippen LogP) is 5.52. The minimum atomic E-state index is -1.16. The number of para-hydroxylation sites is 1. The van der Waals surface area contributed by atoms with Crippen LogP contribution in [0.25, 0.3) is 10.2 Å². The smallest absolute Gasteiger partial charge is 0.326 e. The third-order valence-electron chi connectivity index (χ3n) is 5.10. The summed E-state index contributed by atoms with van der Waals surface area (Å²) in [5.74, 6) is -1.16. The second kappa shape index (κ2) is 11.4. The predicted molar refractivity (Wildman–Crippen MR) is 139 cm³/mol. The first-order valence-electron chi connectivity index (χ1n) is 10.7. The van der Waals surface area contributed by atoms with Gasteiger partial charge in [-0.25, -0.2) is 9.78 Å².